The third-order valence-corrected chi connectivity index (χ3v) is 5.08. The molecule has 0 saturated carbocycles. The summed E-state index contributed by atoms with van der Waals surface area (Å²) in [5.41, 5.74) is 7.15. The summed E-state index contributed by atoms with van der Waals surface area (Å²) in [5.74, 6) is -3.46. The number of rotatable bonds is 21. The summed E-state index contributed by atoms with van der Waals surface area (Å²) in [7, 11) is 0. The smallest absolute Gasteiger partial charge is 0.317 e. The molecule has 0 fully saturated rings. The summed E-state index contributed by atoms with van der Waals surface area (Å²) in [4.78, 5) is 59.5. The van der Waals surface area contributed by atoms with Crippen molar-refractivity contribution < 1.29 is 48.8 Å². The Labute approximate surface area is 207 Å². The molecule has 1 rings (SSSR count). The van der Waals surface area contributed by atoms with Crippen molar-refractivity contribution in [2.45, 2.75) is 18.9 Å². The molecular weight excluding hydrogens is 480 g/mol. The van der Waals surface area contributed by atoms with Crippen LogP contribution in [0, 0.1) is 0 Å². The van der Waals surface area contributed by atoms with E-state index in [9.17, 15) is 29.1 Å². The van der Waals surface area contributed by atoms with Crippen LogP contribution in [0.1, 0.15) is 12.0 Å². The first-order valence-corrected chi connectivity index (χ1v) is 10.9. The highest BCUT2D eigenvalue weighted by Crippen LogP contribution is 2.14. The number of nitrogen functional groups attached to an aromatic ring is 1. The predicted octanol–water partition coefficient (Wildman–Crippen LogP) is -1.01. The molecule has 1 unspecified atom stereocenters. The van der Waals surface area contributed by atoms with E-state index in [2.05, 4.69) is 0 Å². The number of benzene rings is 1. The second kappa shape index (κ2) is 16.8. The minimum Gasteiger partial charge on any atom is -0.480 e. The van der Waals surface area contributed by atoms with Gasteiger partial charge in [-0.3, -0.25) is 33.8 Å². The van der Waals surface area contributed by atoms with E-state index >= 15 is 0 Å². The number of carbonyl (C=O) groups is 5. The van der Waals surface area contributed by atoms with E-state index in [1.807, 2.05) is 0 Å². The van der Waals surface area contributed by atoms with Crippen LogP contribution in [0.2, 0.25) is 0 Å². The highest BCUT2D eigenvalue weighted by Gasteiger charge is 2.24. The van der Waals surface area contributed by atoms with Gasteiger partial charge in [-0.25, -0.2) is 4.90 Å². The normalized spacial score (nSPS) is 11.9. The lowest BCUT2D eigenvalue weighted by atomic mass is 10.0. The first-order valence-electron chi connectivity index (χ1n) is 10.9. The molecule has 1 atom stereocenters. The Hall–Kier alpha value is -3.75. The minimum atomic E-state index is -1.18. The monoisotopic (exact) mass is 512 g/mol. The molecular formula is C22H32N4O10. The number of carboxylic acids is 3. The van der Waals surface area contributed by atoms with Crippen molar-refractivity contribution in [3.05, 3.63) is 29.8 Å². The van der Waals surface area contributed by atoms with E-state index in [0.29, 0.717) is 12.1 Å². The Balaban J connectivity index is 3.04. The topological polar surface area (TPSA) is 200 Å². The Morgan fingerprint density at radius 1 is 0.833 bits per heavy atom. The van der Waals surface area contributed by atoms with E-state index in [4.69, 9.17) is 25.4 Å². The molecule has 0 heterocycles. The van der Waals surface area contributed by atoms with Crippen LogP contribution in [0.15, 0.2) is 24.3 Å². The van der Waals surface area contributed by atoms with Crippen LogP contribution in [0.5, 0.6) is 0 Å². The van der Waals surface area contributed by atoms with E-state index in [1.54, 1.807) is 34.1 Å². The number of anilines is 1. The van der Waals surface area contributed by atoms with Crippen molar-refractivity contribution in [1.29, 1.82) is 0 Å². The van der Waals surface area contributed by atoms with Gasteiger partial charge in [0.1, 0.15) is 13.5 Å². The SMILES string of the molecule is Nc1ccc(CC(CN(CCCN(CC(=O)O)CC(=O)O)CC(=O)O)N(COC=O)COC=O)cc1. The van der Waals surface area contributed by atoms with Crippen LogP contribution in [-0.4, -0.2) is 120 Å². The van der Waals surface area contributed by atoms with Gasteiger partial charge in [0.2, 0.25) is 0 Å². The molecule has 5 N–H and O–H groups in total. The number of carbonyl (C=O) groups excluding carboxylic acids is 2. The molecule has 0 aliphatic heterocycles. The molecule has 0 spiro atoms. The van der Waals surface area contributed by atoms with Crippen LogP contribution in [0.3, 0.4) is 0 Å². The largest absolute Gasteiger partial charge is 0.480 e. The molecule has 0 bridgehead atoms. The molecule has 14 heteroatoms. The number of carboxylic acid groups (broad SMARTS) is 3. The molecule has 0 aliphatic rings. The third-order valence-electron chi connectivity index (χ3n) is 5.08. The molecule has 0 saturated heterocycles. The van der Waals surface area contributed by atoms with E-state index in [0.717, 1.165) is 5.56 Å². The summed E-state index contributed by atoms with van der Waals surface area (Å²) < 4.78 is 9.71. The number of hydrogen-bond acceptors (Lipinski definition) is 11. The van der Waals surface area contributed by atoms with Crippen LogP contribution < -0.4 is 5.73 Å². The molecule has 200 valence electrons. The Morgan fingerprint density at radius 2 is 1.31 bits per heavy atom. The summed E-state index contributed by atoms with van der Waals surface area (Å²) >= 11 is 0. The summed E-state index contributed by atoms with van der Waals surface area (Å²) in [6.45, 7) is -0.778. The van der Waals surface area contributed by atoms with Gasteiger partial charge in [0.25, 0.3) is 12.9 Å². The Kier molecular flexibility index (Phi) is 14.1. The van der Waals surface area contributed by atoms with Crippen molar-refractivity contribution >= 4 is 36.5 Å². The Morgan fingerprint density at radius 3 is 1.78 bits per heavy atom. The lowest BCUT2D eigenvalue weighted by Gasteiger charge is -2.34. The van der Waals surface area contributed by atoms with Gasteiger partial charge in [-0.1, -0.05) is 12.1 Å². The average Bonchev–Trinajstić information content (AvgIpc) is 2.79. The van der Waals surface area contributed by atoms with Crippen molar-refractivity contribution in [3.63, 3.8) is 0 Å². The molecule has 14 nitrogen and oxygen atoms in total. The van der Waals surface area contributed by atoms with Crippen LogP contribution >= 0.6 is 0 Å². The molecule has 0 amide bonds. The quantitative estimate of drug-likeness (QED) is 0.0886. The lowest BCUT2D eigenvalue weighted by molar-refractivity contribution is -0.145. The fourth-order valence-electron chi connectivity index (χ4n) is 3.57. The standard InChI is InChI=1S/C22H32N4O10/c23-18-4-2-17(3-5-18)8-19(26(13-35-15-27)14-36-16-28)9-24(10-20(29)30)6-1-7-25(11-21(31)32)12-22(33)34/h2-5,15-16,19H,1,6-14,23H2,(H,29,30)(H,31,32)(H,33,34). The maximum absolute atomic E-state index is 11.5. The molecule has 1 aromatic carbocycles. The van der Waals surface area contributed by atoms with E-state index in [-0.39, 0.29) is 59.0 Å². The molecule has 1 aromatic rings. The van der Waals surface area contributed by atoms with Crippen LogP contribution in [-0.2, 0) is 39.9 Å². The number of nitrogens with zero attached hydrogens (tertiary/aromatic N) is 3. The number of hydrogen-bond donors (Lipinski definition) is 4. The minimum absolute atomic E-state index is 0.115. The molecule has 0 aliphatic carbocycles. The van der Waals surface area contributed by atoms with Crippen molar-refractivity contribution in [3.8, 4) is 0 Å². The fraction of sp³-hybridized carbons (Fsp3) is 0.500. The van der Waals surface area contributed by atoms with Gasteiger partial charge in [-0.05, 0) is 30.5 Å². The summed E-state index contributed by atoms with van der Waals surface area (Å²) in [6.07, 6.45) is 0.656. The van der Waals surface area contributed by atoms with E-state index in [1.165, 1.54) is 4.90 Å². The zero-order valence-corrected chi connectivity index (χ0v) is 19.7. The lowest BCUT2D eigenvalue weighted by Crippen LogP contribution is -2.48. The molecule has 36 heavy (non-hydrogen) atoms. The zero-order chi connectivity index (χ0) is 26.9. The van der Waals surface area contributed by atoms with Gasteiger partial charge in [0, 0.05) is 31.4 Å². The van der Waals surface area contributed by atoms with Gasteiger partial charge >= 0.3 is 17.9 Å². The molecule has 0 radical (unpaired) electrons. The highest BCUT2D eigenvalue weighted by atomic mass is 16.6. The second-order valence-corrected chi connectivity index (χ2v) is 7.95. The number of aliphatic carboxylic acids is 3. The third kappa shape index (κ3) is 13.2. The summed E-state index contributed by atoms with van der Waals surface area (Å²) in [6, 6.07) is 6.52. The Bertz CT molecular complexity index is 824. The zero-order valence-electron chi connectivity index (χ0n) is 19.7. The van der Waals surface area contributed by atoms with Crippen LogP contribution in [0.25, 0.3) is 0 Å². The first kappa shape index (κ1) is 30.3. The van der Waals surface area contributed by atoms with Crippen LogP contribution in [0.4, 0.5) is 5.69 Å². The maximum Gasteiger partial charge on any atom is 0.317 e. The number of ether oxygens (including phenoxy) is 2. The van der Waals surface area contributed by atoms with Gasteiger partial charge < -0.3 is 30.5 Å². The summed E-state index contributed by atoms with van der Waals surface area (Å²) in [5, 5.41) is 27.4. The van der Waals surface area contributed by atoms with Gasteiger partial charge in [0.05, 0.1) is 19.6 Å². The maximum atomic E-state index is 11.5. The molecule has 0 aromatic heterocycles. The first-order chi connectivity index (χ1) is 17.1. The average molecular weight is 513 g/mol. The fourth-order valence-corrected chi connectivity index (χ4v) is 3.57. The number of nitrogens with two attached hydrogens (primary N) is 1. The van der Waals surface area contributed by atoms with Gasteiger partial charge in [-0.2, -0.15) is 0 Å². The predicted molar refractivity (Wildman–Crippen MR) is 125 cm³/mol. The highest BCUT2D eigenvalue weighted by molar-refractivity contribution is 5.72. The van der Waals surface area contributed by atoms with Crippen molar-refractivity contribution in [2.75, 3.05) is 58.5 Å². The second-order valence-electron chi connectivity index (χ2n) is 7.95. The van der Waals surface area contributed by atoms with Crippen molar-refractivity contribution in [1.82, 2.24) is 14.7 Å². The van der Waals surface area contributed by atoms with Gasteiger partial charge in [-0.15, -0.1) is 0 Å². The van der Waals surface area contributed by atoms with Crippen molar-refractivity contribution in [2.24, 2.45) is 0 Å². The van der Waals surface area contributed by atoms with E-state index < -0.39 is 37.0 Å². The van der Waals surface area contributed by atoms with Gasteiger partial charge in [0.15, 0.2) is 0 Å².